The minimum Gasteiger partial charge on any atom is -0.386 e. The number of rotatable bonds is 32. The Balaban J connectivity index is 1.34. The molecular weight excluding hydrogens is 939 g/mol. The number of phosphoric ester groups is 3. The Morgan fingerprint density at radius 2 is 1.57 bits per heavy atom. The molecule has 28 heteroatoms. The van der Waals surface area contributed by atoms with Gasteiger partial charge in [0, 0.05) is 30.7 Å². The van der Waals surface area contributed by atoms with Crippen LogP contribution < -0.4 is 16.4 Å². The number of aliphatic hydroxyl groups excluding tert-OH is 2. The number of anilines is 1. The van der Waals surface area contributed by atoms with Gasteiger partial charge in [-0.05, 0) is 18.9 Å². The Morgan fingerprint density at radius 1 is 0.938 bits per heavy atom. The Kier molecular flexibility index (Phi) is 23.8. The number of nitrogen functional groups attached to an aromatic ring is 1. The Hall–Kier alpha value is -2.70. The molecule has 0 spiro atoms. The summed E-state index contributed by atoms with van der Waals surface area (Å²) in [6.45, 7) is 2.74. The molecule has 0 bridgehead atoms. The minimum atomic E-state index is -5.58. The number of phosphoric acid groups is 3. The standard InChI is InChI=1S/C37H64N7O17P3S/c1-4-5-6-7-8-9-10-11-12-13-14-15-16-17-28(46)65-21-20-39-27(45)18-19-40-35(49)32(48)37(2,3)23-58-64(55,56)61-63(53,54)57-22-26-31(60-62(50,51)52)30(47)36(59-26)44-25-43-29-33(38)41-24-42-34(29)44/h16-17,24-26,30-32,36,47-48H,4-15,18-23H2,1-3H3,(H,39,45)(H,40,49)(H,53,54)(H,55,56)(H2,38,41,42)(H2,50,51,52)/t26-,30-,31-,32+,36-/m1/s1. The second-order valence-electron chi connectivity index (χ2n) is 16.0. The molecule has 2 unspecified atom stereocenters. The molecule has 0 radical (unpaired) electrons. The van der Waals surface area contributed by atoms with Crippen molar-refractivity contribution in [3.8, 4) is 0 Å². The summed E-state index contributed by atoms with van der Waals surface area (Å²) in [7, 11) is -16.4. The molecule has 1 fully saturated rings. The van der Waals surface area contributed by atoms with Crippen LogP contribution in [0.2, 0.25) is 0 Å². The summed E-state index contributed by atoms with van der Waals surface area (Å²) in [5.41, 5.74) is 4.28. The molecule has 370 valence electrons. The number of ether oxygens (including phenoxy) is 1. The number of allylic oxidation sites excluding steroid dienone is 1. The highest BCUT2D eigenvalue weighted by Gasteiger charge is 2.50. The number of aliphatic hydroxyl groups is 2. The Bertz CT molecular complexity index is 2010. The number of imidazole rings is 1. The Morgan fingerprint density at radius 3 is 2.22 bits per heavy atom. The van der Waals surface area contributed by atoms with E-state index in [1.165, 1.54) is 71.6 Å². The summed E-state index contributed by atoms with van der Waals surface area (Å²) in [6.07, 6.45) is 11.1. The first-order valence-electron chi connectivity index (χ1n) is 21.3. The lowest BCUT2D eigenvalue weighted by Crippen LogP contribution is -2.46. The predicted molar refractivity (Wildman–Crippen MR) is 237 cm³/mol. The third kappa shape index (κ3) is 20.6. The van der Waals surface area contributed by atoms with Crippen LogP contribution in [0.25, 0.3) is 11.2 Å². The fraction of sp³-hybridized carbons (Fsp3) is 0.730. The normalized spacial score (nSPS) is 20.4. The van der Waals surface area contributed by atoms with Gasteiger partial charge in [0.2, 0.25) is 16.9 Å². The Labute approximate surface area is 381 Å². The van der Waals surface area contributed by atoms with E-state index in [2.05, 4.69) is 41.3 Å². The highest BCUT2D eigenvalue weighted by molar-refractivity contribution is 8.14. The summed E-state index contributed by atoms with van der Waals surface area (Å²) in [5, 5.41) is 26.4. The fourth-order valence-corrected chi connectivity index (χ4v) is 9.86. The number of fused-ring (bicyclic) bond motifs is 1. The molecule has 2 aromatic heterocycles. The first-order valence-corrected chi connectivity index (χ1v) is 26.8. The van der Waals surface area contributed by atoms with Crippen LogP contribution >= 0.6 is 35.2 Å². The van der Waals surface area contributed by atoms with E-state index in [-0.39, 0.29) is 41.6 Å². The minimum absolute atomic E-state index is 0.0322. The van der Waals surface area contributed by atoms with E-state index in [4.69, 9.17) is 19.5 Å². The van der Waals surface area contributed by atoms with Gasteiger partial charge in [0.25, 0.3) is 0 Å². The summed E-state index contributed by atoms with van der Waals surface area (Å²) in [5.74, 6) is -1.10. The van der Waals surface area contributed by atoms with E-state index in [0.717, 1.165) is 48.2 Å². The zero-order valence-electron chi connectivity index (χ0n) is 36.7. The number of aromatic nitrogens is 4. The van der Waals surface area contributed by atoms with Crippen molar-refractivity contribution in [3.63, 3.8) is 0 Å². The molecule has 0 aromatic carbocycles. The highest BCUT2D eigenvalue weighted by atomic mass is 32.2. The van der Waals surface area contributed by atoms with E-state index in [1.54, 1.807) is 6.08 Å². The van der Waals surface area contributed by atoms with E-state index in [9.17, 15) is 57.9 Å². The van der Waals surface area contributed by atoms with Crippen molar-refractivity contribution in [2.45, 2.75) is 135 Å². The maximum absolute atomic E-state index is 12.7. The fourth-order valence-electron chi connectivity index (χ4n) is 6.44. The molecule has 24 nitrogen and oxygen atoms in total. The number of nitrogens with one attached hydrogen (secondary N) is 2. The summed E-state index contributed by atoms with van der Waals surface area (Å²) < 4.78 is 62.4. The van der Waals surface area contributed by atoms with Crippen LogP contribution in [-0.4, -0.2) is 123 Å². The number of carbonyl (C=O) groups excluding carboxylic acids is 3. The average molecular weight is 1000 g/mol. The molecule has 10 N–H and O–H groups in total. The van der Waals surface area contributed by atoms with Gasteiger partial charge in [0.15, 0.2) is 17.7 Å². The van der Waals surface area contributed by atoms with E-state index < -0.39 is 84.6 Å². The van der Waals surface area contributed by atoms with Gasteiger partial charge in [-0.1, -0.05) is 103 Å². The number of hydrogen-bond acceptors (Lipinski definition) is 18. The number of nitrogens with two attached hydrogens (primary N) is 1. The molecule has 2 amide bonds. The first kappa shape index (κ1) is 56.6. The van der Waals surface area contributed by atoms with E-state index >= 15 is 0 Å². The molecule has 7 atom stereocenters. The van der Waals surface area contributed by atoms with Crippen molar-refractivity contribution in [2.24, 2.45) is 5.41 Å². The lowest BCUT2D eigenvalue weighted by atomic mass is 9.87. The van der Waals surface area contributed by atoms with Gasteiger partial charge < -0.3 is 50.9 Å². The SMILES string of the molecule is CCCCCCCCCCCCCC=CC(=O)SCCNC(=O)CCNC(=O)[C@H](O)C(C)(C)COP(=O)(O)OP(=O)(O)OC[C@H]1O[C@@H](n2cnc3c(N)ncnc32)[C@H](O)[C@@H]1OP(=O)(O)O. The summed E-state index contributed by atoms with van der Waals surface area (Å²) in [4.78, 5) is 88.1. The number of amides is 2. The number of hydrogen-bond donors (Lipinski definition) is 9. The van der Waals surface area contributed by atoms with Crippen LogP contribution in [0, 0.1) is 5.41 Å². The molecule has 1 aliphatic rings. The van der Waals surface area contributed by atoms with Crippen LogP contribution in [0.4, 0.5) is 5.82 Å². The van der Waals surface area contributed by atoms with E-state index in [0.29, 0.717) is 5.75 Å². The third-order valence-corrected chi connectivity index (χ3v) is 13.9. The van der Waals surface area contributed by atoms with Gasteiger partial charge in [0.1, 0.15) is 36.3 Å². The van der Waals surface area contributed by atoms with Crippen molar-refractivity contribution >= 4 is 69.1 Å². The molecule has 65 heavy (non-hydrogen) atoms. The second-order valence-corrected chi connectivity index (χ2v) is 21.3. The molecular formula is C37H64N7O17P3S. The third-order valence-electron chi connectivity index (χ3n) is 9.97. The zero-order chi connectivity index (χ0) is 48.3. The van der Waals surface area contributed by atoms with Crippen LogP contribution in [0.3, 0.4) is 0 Å². The van der Waals surface area contributed by atoms with Gasteiger partial charge in [-0.2, -0.15) is 4.31 Å². The van der Waals surface area contributed by atoms with Gasteiger partial charge in [-0.25, -0.2) is 28.6 Å². The quantitative estimate of drug-likeness (QED) is 0.0285. The number of unbranched alkanes of at least 4 members (excludes halogenated alkanes) is 11. The maximum atomic E-state index is 12.7. The molecule has 3 rings (SSSR count). The van der Waals surface area contributed by atoms with Crippen molar-refractivity contribution < 1.29 is 80.5 Å². The molecule has 2 aromatic rings. The number of nitrogens with zero attached hydrogens (tertiary/aromatic N) is 4. The molecule has 0 saturated carbocycles. The zero-order valence-corrected chi connectivity index (χ0v) is 40.2. The van der Waals surface area contributed by atoms with Crippen LogP contribution in [0.5, 0.6) is 0 Å². The topological polar surface area (TPSA) is 364 Å². The van der Waals surface area contributed by atoms with Gasteiger partial charge in [-0.15, -0.1) is 0 Å². The summed E-state index contributed by atoms with van der Waals surface area (Å²) in [6, 6.07) is 0. The lowest BCUT2D eigenvalue weighted by molar-refractivity contribution is -0.137. The van der Waals surface area contributed by atoms with Crippen molar-refractivity contribution in [1.82, 2.24) is 30.2 Å². The molecule has 3 heterocycles. The van der Waals surface area contributed by atoms with Crippen LogP contribution in [0.15, 0.2) is 24.8 Å². The number of carbonyl (C=O) groups is 3. The first-order chi connectivity index (χ1) is 30.6. The molecule has 1 aliphatic heterocycles. The van der Waals surface area contributed by atoms with Gasteiger partial charge in [0.05, 0.1) is 19.5 Å². The molecule has 0 aliphatic carbocycles. The van der Waals surface area contributed by atoms with E-state index in [1.807, 2.05) is 6.08 Å². The van der Waals surface area contributed by atoms with Crippen molar-refractivity contribution in [1.29, 1.82) is 0 Å². The largest absolute Gasteiger partial charge is 0.481 e. The predicted octanol–water partition coefficient (Wildman–Crippen LogP) is 3.92. The van der Waals surface area contributed by atoms with Crippen LogP contribution in [-0.2, 0) is 50.7 Å². The smallest absolute Gasteiger partial charge is 0.386 e. The lowest BCUT2D eigenvalue weighted by Gasteiger charge is -2.30. The average Bonchev–Trinajstić information content (AvgIpc) is 3.79. The summed E-state index contributed by atoms with van der Waals surface area (Å²) >= 11 is 1.07. The van der Waals surface area contributed by atoms with Crippen molar-refractivity contribution in [3.05, 3.63) is 24.8 Å². The van der Waals surface area contributed by atoms with Crippen LogP contribution in [0.1, 0.15) is 110 Å². The second kappa shape index (κ2) is 27.3. The monoisotopic (exact) mass is 1000 g/mol. The molecule has 1 saturated heterocycles. The van der Waals surface area contributed by atoms with Gasteiger partial charge in [-0.3, -0.25) is 32.5 Å². The number of thioether (sulfide) groups is 1. The highest BCUT2D eigenvalue weighted by Crippen LogP contribution is 2.61. The van der Waals surface area contributed by atoms with Crippen molar-refractivity contribution in [2.75, 3.05) is 37.8 Å². The maximum Gasteiger partial charge on any atom is 0.481 e. The van der Waals surface area contributed by atoms with Gasteiger partial charge >= 0.3 is 23.5 Å².